The van der Waals surface area contributed by atoms with Gasteiger partial charge in [0.25, 0.3) is 0 Å². The lowest BCUT2D eigenvalue weighted by Gasteiger charge is -2.30. The molecule has 0 amide bonds. The van der Waals surface area contributed by atoms with Crippen molar-refractivity contribution in [3.63, 3.8) is 0 Å². The van der Waals surface area contributed by atoms with Gasteiger partial charge < -0.3 is 9.50 Å². The van der Waals surface area contributed by atoms with Crippen LogP contribution in [0.2, 0.25) is 0 Å². The van der Waals surface area contributed by atoms with Crippen LogP contribution in [0.3, 0.4) is 0 Å². The largest absolute Gasteiger partial charge is 0.384 e. The molecule has 26 heavy (non-hydrogen) atoms. The summed E-state index contributed by atoms with van der Waals surface area (Å²) in [6, 6.07) is 16.1. The first-order valence-corrected chi connectivity index (χ1v) is 10.3. The van der Waals surface area contributed by atoms with Crippen LogP contribution in [0.25, 0.3) is 0 Å². The van der Waals surface area contributed by atoms with Crippen molar-refractivity contribution in [1.82, 2.24) is 4.90 Å². The third-order valence-electron chi connectivity index (χ3n) is 4.12. The first kappa shape index (κ1) is 20.3. The summed E-state index contributed by atoms with van der Waals surface area (Å²) in [4.78, 5) is 2.54. The van der Waals surface area contributed by atoms with Crippen LogP contribution in [0.4, 0.5) is 5.69 Å². The molecule has 0 bridgehead atoms. The van der Waals surface area contributed by atoms with Crippen molar-refractivity contribution in [3.05, 3.63) is 54.6 Å². The Morgan fingerprint density at radius 3 is 2.04 bits per heavy atom. The van der Waals surface area contributed by atoms with E-state index < -0.39 is 10.1 Å². The van der Waals surface area contributed by atoms with Gasteiger partial charge in [-0.1, -0.05) is 18.2 Å². The average molecular weight is 377 g/mol. The maximum Gasteiger partial charge on any atom is 0.339 e. The van der Waals surface area contributed by atoms with Gasteiger partial charge >= 0.3 is 10.1 Å². The fourth-order valence-corrected chi connectivity index (χ4v) is 3.76. The molecule has 0 aliphatic heterocycles. The molecule has 0 fully saturated rings. The highest BCUT2D eigenvalue weighted by molar-refractivity contribution is 7.87. The number of nitrogens with one attached hydrogen (secondary N) is 1. The smallest absolute Gasteiger partial charge is 0.339 e. The Morgan fingerprint density at radius 1 is 0.923 bits per heavy atom. The fourth-order valence-electron chi connectivity index (χ4n) is 2.83. The van der Waals surface area contributed by atoms with Crippen LogP contribution in [0.15, 0.2) is 59.5 Å². The number of anilines is 1. The van der Waals surface area contributed by atoms with E-state index in [2.05, 4.69) is 37.9 Å². The van der Waals surface area contributed by atoms with Gasteiger partial charge in [-0.3, -0.25) is 4.90 Å². The Balaban J connectivity index is 1.95. The van der Waals surface area contributed by atoms with Crippen molar-refractivity contribution < 1.29 is 12.6 Å². The molecule has 0 heterocycles. The molecule has 2 aromatic carbocycles. The topological polar surface area (TPSA) is 58.6 Å². The third-order valence-corrected chi connectivity index (χ3v) is 5.38. The summed E-state index contributed by atoms with van der Waals surface area (Å²) < 4.78 is 29.8. The lowest BCUT2D eigenvalue weighted by Crippen LogP contribution is -2.40. The van der Waals surface area contributed by atoms with E-state index >= 15 is 0 Å². The van der Waals surface area contributed by atoms with Crippen LogP contribution in [0.5, 0.6) is 5.75 Å². The van der Waals surface area contributed by atoms with E-state index in [0.717, 1.165) is 18.8 Å². The minimum atomic E-state index is -3.82. The summed E-state index contributed by atoms with van der Waals surface area (Å²) in [5, 5.41) is 3.34. The number of hydrogen-bond acceptors (Lipinski definition) is 5. The number of hydrogen-bond donors (Lipinski definition) is 1. The molecule has 2 rings (SSSR count). The number of benzene rings is 2. The zero-order valence-corrected chi connectivity index (χ0v) is 16.7. The van der Waals surface area contributed by atoms with Gasteiger partial charge in [0.1, 0.15) is 10.6 Å². The quantitative estimate of drug-likeness (QED) is 0.671. The molecule has 142 valence electrons. The van der Waals surface area contributed by atoms with Crippen LogP contribution in [-0.2, 0) is 10.1 Å². The lowest BCUT2D eigenvalue weighted by molar-refractivity contribution is 0.182. The Kier molecular flexibility index (Phi) is 7.06. The van der Waals surface area contributed by atoms with E-state index in [1.165, 1.54) is 0 Å². The van der Waals surface area contributed by atoms with Crippen LogP contribution in [0, 0.1) is 0 Å². The molecule has 0 saturated carbocycles. The maximum absolute atomic E-state index is 12.3. The molecule has 0 aliphatic rings. The lowest BCUT2D eigenvalue weighted by atomic mass is 10.2. The zero-order valence-electron chi connectivity index (χ0n) is 15.8. The second kappa shape index (κ2) is 9.05. The number of rotatable bonds is 9. The van der Waals surface area contributed by atoms with Crippen molar-refractivity contribution in [3.8, 4) is 5.75 Å². The Morgan fingerprint density at radius 2 is 1.50 bits per heavy atom. The van der Waals surface area contributed by atoms with E-state index in [0.29, 0.717) is 17.8 Å². The van der Waals surface area contributed by atoms with Gasteiger partial charge in [0, 0.05) is 30.9 Å². The van der Waals surface area contributed by atoms with Crippen molar-refractivity contribution in [2.24, 2.45) is 0 Å². The molecule has 0 unspecified atom stereocenters. The Hall–Kier alpha value is -2.05. The highest BCUT2D eigenvalue weighted by Gasteiger charge is 2.16. The van der Waals surface area contributed by atoms with Gasteiger partial charge in [-0.15, -0.1) is 0 Å². The molecule has 5 nitrogen and oxygen atoms in total. The highest BCUT2D eigenvalue weighted by Crippen LogP contribution is 2.19. The Labute approximate surface area is 157 Å². The molecule has 0 saturated heterocycles. The third kappa shape index (κ3) is 5.75. The maximum atomic E-state index is 12.3. The molecule has 0 atom stereocenters. The van der Waals surface area contributed by atoms with E-state index in [1.807, 2.05) is 0 Å². The minimum absolute atomic E-state index is 0.137. The van der Waals surface area contributed by atoms with Gasteiger partial charge in [-0.25, -0.2) is 0 Å². The SMILES string of the molecule is CC(C)N(CCNc1ccc(S(=O)(=O)Oc2ccccc2)cc1)C(C)C. The predicted octanol–water partition coefficient (Wildman–Crippen LogP) is 3.99. The fraction of sp³-hybridized carbons (Fsp3) is 0.400. The van der Waals surface area contributed by atoms with Gasteiger partial charge in [-0.2, -0.15) is 8.42 Å². The van der Waals surface area contributed by atoms with Crippen LogP contribution in [0.1, 0.15) is 27.7 Å². The first-order chi connectivity index (χ1) is 12.3. The highest BCUT2D eigenvalue weighted by atomic mass is 32.2. The van der Waals surface area contributed by atoms with E-state index in [-0.39, 0.29) is 4.90 Å². The van der Waals surface area contributed by atoms with Gasteiger partial charge in [-0.05, 0) is 64.1 Å². The van der Waals surface area contributed by atoms with E-state index in [1.54, 1.807) is 54.6 Å². The molecule has 6 heteroatoms. The van der Waals surface area contributed by atoms with Crippen molar-refractivity contribution >= 4 is 15.8 Å². The van der Waals surface area contributed by atoms with Gasteiger partial charge in [0.05, 0.1) is 0 Å². The van der Waals surface area contributed by atoms with Crippen molar-refractivity contribution in [2.45, 2.75) is 44.7 Å². The molecule has 2 aromatic rings. The van der Waals surface area contributed by atoms with Crippen LogP contribution >= 0.6 is 0 Å². The van der Waals surface area contributed by atoms with E-state index in [9.17, 15) is 8.42 Å². The van der Waals surface area contributed by atoms with Crippen molar-refractivity contribution in [1.29, 1.82) is 0 Å². The summed E-state index contributed by atoms with van der Waals surface area (Å²) in [6.45, 7) is 10.5. The van der Waals surface area contributed by atoms with Crippen LogP contribution < -0.4 is 9.50 Å². The summed E-state index contributed by atoms with van der Waals surface area (Å²) in [5.41, 5.74) is 0.885. The molecule has 0 aromatic heterocycles. The molecule has 1 N–H and O–H groups in total. The Bertz CT molecular complexity index is 764. The summed E-state index contributed by atoms with van der Waals surface area (Å²) in [5.74, 6) is 0.303. The van der Waals surface area contributed by atoms with E-state index in [4.69, 9.17) is 4.18 Å². The molecule has 0 radical (unpaired) electrons. The van der Waals surface area contributed by atoms with Gasteiger partial charge in [0.2, 0.25) is 0 Å². The monoisotopic (exact) mass is 376 g/mol. The van der Waals surface area contributed by atoms with Crippen molar-refractivity contribution in [2.75, 3.05) is 18.4 Å². The summed E-state index contributed by atoms with van der Waals surface area (Å²) in [7, 11) is -3.82. The second-order valence-corrected chi connectivity index (χ2v) is 8.27. The molecular formula is C20H28N2O3S. The number of para-hydroxylation sites is 1. The summed E-state index contributed by atoms with van der Waals surface area (Å²) in [6.07, 6.45) is 0. The normalized spacial score (nSPS) is 12.0. The molecule has 0 spiro atoms. The van der Waals surface area contributed by atoms with Gasteiger partial charge in [0.15, 0.2) is 0 Å². The zero-order chi connectivity index (χ0) is 19.2. The number of nitrogens with zero attached hydrogens (tertiary/aromatic N) is 1. The summed E-state index contributed by atoms with van der Waals surface area (Å²) >= 11 is 0. The standard InChI is InChI=1S/C20H28N2O3S/c1-16(2)22(17(3)4)15-14-21-18-10-12-20(13-11-18)26(23,24)25-19-8-6-5-7-9-19/h5-13,16-17,21H,14-15H2,1-4H3. The minimum Gasteiger partial charge on any atom is -0.384 e. The molecule has 0 aliphatic carbocycles. The second-order valence-electron chi connectivity index (χ2n) is 6.73. The van der Waals surface area contributed by atoms with Crippen LogP contribution in [-0.4, -0.2) is 38.5 Å². The molecular weight excluding hydrogens is 348 g/mol. The first-order valence-electron chi connectivity index (χ1n) is 8.89. The average Bonchev–Trinajstić information content (AvgIpc) is 2.59. The predicted molar refractivity (Wildman–Crippen MR) is 106 cm³/mol.